The number of hydrogen-bond acceptors (Lipinski definition) is 12. The predicted molar refractivity (Wildman–Crippen MR) is 319 cm³/mol. The summed E-state index contributed by atoms with van der Waals surface area (Å²) in [6.07, 6.45) is 36.5. The summed E-state index contributed by atoms with van der Waals surface area (Å²) < 4.78 is 22.6. The molecule has 12 nitrogen and oxygen atoms in total. The molecule has 0 amide bonds. The predicted octanol–water partition coefficient (Wildman–Crippen LogP) is 12.9. The maximum Gasteiger partial charge on any atom is 0.306 e. The van der Waals surface area contributed by atoms with Crippen LogP contribution < -0.4 is 4.74 Å². The third-order valence-corrected chi connectivity index (χ3v) is 17.6. The lowest BCUT2D eigenvalue weighted by atomic mass is 9.85. The molecular weight excluding hydrogens is 1020 g/mol. The minimum Gasteiger partial charge on any atom is -0.491 e. The van der Waals surface area contributed by atoms with Crippen LogP contribution in [0, 0.1) is 42.4 Å². The van der Waals surface area contributed by atoms with E-state index in [1.165, 1.54) is 43.2 Å². The van der Waals surface area contributed by atoms with Crippen molar-refractivity contribution >= 4 is 17.9 Å². The van der Waals surface area contributed by atoms with Crippen LogP contribution in [0.4, 0.5) is 0 Å². The van der Waals surface area contributed by atoms with E-state index in [0.29, 0.717) is 44.9 Å². The van der Waals surface area contributed by atoms with Crippen LogP contribution in [0.2, 0.25) is 0 Å². The van der Waals surface area contributed by atoms with Gasteiger partial charge in [0.1, 0.15) is 36.8 Å². The molecule has 8 rings (SSSR count). The smallest absolute Gasteiger partial charge is 0.306 e. The van der Waals surface area contributed by atoms with Gasteiger partial charge in [-0.05, 0) is 151 Å². The van der Waals surface area contributed by atoms with Crippen LogP contribution in [0.1, 0.15) is 185 Å². The number of aryl methyl sites for hydroxylation is 2. The molecule has 3 saturated carbocycles. The van der Waals surface area contributed by atoms with Crippen molar-refractivity contribution in [2.24, 2.45) is 35.5 Å². The fraction of sp³-hybridized carbons (Fsp3) is 0.638. The van der Waals surface area contributed by atoms with Gasteiger partial charge in [0, 0.05) is 62.2 Å². The van der Waals surface area contributed by atoms with Gasteiger partial charge in [-0.25, -0.2) is 0 Å². The number of unbranched alkanes of at least 4 members (excludes halogenated alkanes) is 4. The first-order valence-corrected chi connectivity index (χ1v) is 31.3. The number of aliphatic hydroxyl groups excluding tert-OH is 5. The lowest BCUT2D eigenvalue weighted by Crippen LogP contribution is -2.26. The van der Waals surface area contributed by atoms with Gasteiger partial charge in [-0.3, -0.25) is 14.4 Å². The van der Waals surface area contributed by atoms with Crippen LogP contribution in [0.15, 0.2) is 115 Å². The van der Waals surface area contributed by atoms with Crippen molar-refractivity contribution in [3.63, 3.8) is 0 Å². The Balaban J connectivity index is 0.000000196. The van der Waals surface area contributed by atoms with E-state index in [0.717, 1.165) is 108 Å². The van der Waals surface area contributed by atoms with Gasteiger partial charge in [-0.1, -0.05) is 136 Å². The summed E-state index contributed by atoms with van der Waals surface area (Å²) in [5, 5.41) is 52.3. The quantitative estimate of drug-likeness (QED) is 0.0366. The van der Waals surface area contributed by atoms with Crippen molar-refractivity contribution in [2.45, 2.75) is 236 Å². The van der Waals surface area contributed by atoms with Gasteiger partial charge in [-0.2, -0.15) is 0 Å². The van der Waals surface area contributed by atoms with Gasteiger partial charge < -0.3 is 44.5 Å². The number of hydrogen-bond donors (Lipinski definition) is 5. The number of ether oxygens (including phenoxy) is 4. The number of carbonyl (C=O) groups is 3. The third-order valence-electron chi connectivity index (χ3n) is 17.6. The maximum absolute atomic E-state index is 12.0. The molecule has 2 aromatic carbocycles. The van der Waals surface area contributed by atoms with E-state index in [2.05, 4.69) is 62.1 Å². The normalized spacial score (nSPS) is 30.6. The van der Waals surface area contributed by atoms with Crippen LogP contribution in [-0.2, 0) is 35.0 Å². The van der Waals surface area contributed by atoms with Crippen molar-refractivity contribution in [3.8, 4) is 5.75 Å². The molecule has 14 atom stereocenters. The van der Waals surface area contributed by atoms with Gasteiger partial charge >= 0.3 is 17.9 Å². The Hall–Kier alpha value is -4.85. The second-order valence-electron chi connectivity index (χ2n) is 24.0. The molecule has 5 N–H and O–H groups in total. The summed E-state index contributed by atoms with van der Waals surface area (Å²) in [5.41, 5.74) is 3.65. The molecular formula is C69H100O12. The van der Waals surface area contributed by atoms with E-state index in [9.17, 15) is 39.9 Å². The maximum atomic E-state index is 12.0. The van der Waals surface area contributed by atoms with Gasteiger partial charge in [0.05, 0.1) is 24.4 Å². The highest BCUT2D eigenvalue weighted by atomic mass is 16.6. The lowest BCUT2D eigenvalue weighted by Gasteiger charge is -2.26. The number of benzene rings is 2. The molecule has 448 valence electrons. The second-order valence-corrected chi connectivity index (χ2v) is 24.0. The monoisotopic (exact) mass is 1120 g/mol. The SMILES string of the molecule is C=C(CCCCCCC)CC[C@@H]1[C@H]2C/C=C\CCCC(=O)O[C@H]2C[C@H]1O.Cc1cccc(OC[C@H](O)/C=C/[C@@H]2[C@H]3C/C=C\CCCC(=O)O[C@H]3C[C@H]2O)c1.O=C1CCC/C=C\C[C@@H]2[C@@H](CC[C@@H](O)CCc3ccccc3)[C@H](O)C[C@@H]2O1. The Kier molecular flexibility index (Phi) is 29.0. The zero-order valence-corrected chi connectivity index (χ0v) is 49.0. The van der Waals surface area contributed by atoms with Crippen LogP contribution in [-0.4, -0.2) is 98.9 Å². The zero-order valence-electron chi connectivity index (χ0n) is 49.0. The summed E-state index contributed by atoms with van der Waals surface area (Å²) in [4.78, 5) is 35.9. The third kappa shape index (κ3) is 23.0. The molecule has 3 aliphatic heterocycles. The molecule has 3 heterocycles. The number of allylic oxidation sites excluding steroid dienone is 7. The molecule has 81 heavy (non-hydrogen) atoms. The molecule has 0 radical (unpaired) electrons. The number of fused-ring (bicyclic) bond motifs is 3. The van der Waals surface area contributed by atoms with Gasteiger partial charge in [0.25, 0.3) is 0 Å². The number of carbonyl (C=O) groups excluding carboxylic acids is 3. The highest BCUT2D eigenvalue weighted by Gasteiger charge is 2.46. The number of aliphatic hydroxyl groups is 5. The molecule has 2 aromatic rings. The van der Waals surface area contributed by atoms with Crippen molar-refractivity contribution < 1.29 is 58.9 Å². The van der Waals surface area contributed by atoms with E-state index in [-0.39, 0.29) is 90.5 Å². The highest BCUT2D eigenvalue weighted by molar-refractivity contribution is 5.70. The second kappa shape index (κ2) is 36.0. The minimum absolute atomic E-state index is 0.0226. The summed E-state index contributed by atoms with van der Waals surface area (Å²) >= 11 is 0. The molecule has 6 aliphatic rings. The largest absolute Gasteiger partial charge is 0.491 e. The Morgan fingerprint density at radius 2 is 1.19 bits per heavy atom. The average Bonchev–Trinajstić information content (AvgIpc) is 4.28. The molecule has 0 aromatic heterocycles. The van der Waals surface area contributed by atoms with E-state index < -0.39 is 18.3 Å². The molecule has 3 fully saturated rings. The number of rotatable bonds is 20. The molecule has 3 aliphatic carbocycles. The Morgan fingerprint density at radius 1 is 0.642 bits per heavy atom. The topological polar surface area (TPSA) is 189 Å². The van der Waals surface area contributed by atoms with Crippen molar-refractivity contribution in [1.29, 1.82) is 0 Å². The van der Waals surface area contributed by atoms with E-state index >= 15 is 0 Å². The van der Waals surface area contributed by atoms with Crippen molar-refractivity contribution in [2.75, 3.05) is 6.61 Å². The first-order chi connectivity index (χ1) is 39.3. The van der Waals surface area contributed by atoms with Crippen molar-refractivity contribution in [1.82, 2.24) is 0 Å². The number of esters is 3. The zero-order chi connectivity index (χ0) is 57.8. The Labute approximate surface area is 485 Å². The highest BCUT2D eigenvalue weighted by Crippen LogP contribution is 2.43. The van der Waals surface area contributed by atoms with Gasteiger partial charge in [-0.15, -0.1) is 0 Å². The minimum atomic E-state index is -0.774. The van der Waals surface area contributed by atoms with Crippen LogP contribution in [0.25, 0.3) is 0 Å². The molecule has 0 bridgehead atoms. The summed E-state index contributed by atoms with van der Waals surface area (Å²) in [6.45, 7) is 8.63. The van der Waals surface area contributed by atoms with Crippen LogP contribution in [0.5, 0.6) is 5.75 Å². The average molecular weight is 1120 g/mol. The molecule has 0 saturated heterocycles. The Bertz CT molecular complexity index is 2290. The fourth-order valence-corrected chi connectivity index (χ4v) is 12.9. The first kappa shape index (κ1) is 65.3. The van der Waals surface area contributed by atoms with Gasteiger partial charge in [0.15, 0.2) is 0 Å². The molecule has 0 unspecified atom stereocenters. The van der Waals surface area contributed by atoms with Crippen LogP contribution in [0.3, 0.4) is 0 Å². The standard InChI is InChI=1S/C23H30O5.C23H32O4.C23H38O3/c1-16-7-6-8-18(13-16)27-15-17(24)11-12-19-20-9-4-2-3-5-10-23(26)28-22(20)14-21(19)25;24-18(13-12-17-8-4-3-5-9-17)14-15-19-20-10-6-1-2-7-11-23(26)27-22(20)16-21(19)25;1-3-4-5-6-9-12-18(2)15-16-19-20-13-10-7-8-11-14-23(25)26-22(20)17-21(19)24/h2,4,6-8,11-13,17,19-22,24-25H,3,5,9-10,14-15H2,1H3;1,3-6,8-9,18-22,24-25H,2,7,10-16H2;7,10,19-22,24H,2-6,8-9,11-17H2,1H3/b4-2-,12-11+;6-1-;10-7-/t17-,19-,20-,21-,22+;18-,19+,20+,21+,22-;19-,20-,21-,22+/m101/s1. The van der Waals surface area contributed by atoms with Crippen molar-refractivity contribution in [3.05, 3.63) is 126 Å². The van der Waals surface area contributed by atoms with E-state index in [1.54, 1.807) is 6.08 Å². The molecule has 0 spiro atoms. The summed E-state index contributed by atoms with van der Waals surface area (Å²) in [7, 11) is 0. The summed E-state index contributed by atoms with van der Waals surface area (Å²) in [6, 6.07) is 17.9. The lowest BCUT2D eigenvalue weighted by molar-refractivity contribution is -0.152. The molecule has 12 heteroatoms. The van der Waals surface area contributed by atoms with Crippen LogP contribution >= 0.6 is 0 Å². The summed E-state index contributed by atoms with van der Waals surface area (Å²) in [5.74, 6) is 0.861. The first-order valence-electron chi connectivity index (χ1n) is 31.3. The van der Waals surface area contributed by atoms with Gasteiger partial charge in [0.2, 0.25) is 0 Å². The fourth-order valence-electron chi connectivity index (χ4n) is 12.9. The van der Waals surface area contributed by atoms with E-state index in [1.807, 2.05) is 55.5 Å². The van der Waals surface area contributed by atoms with E-state index in [4.69, 9.17) is 18.9 Å². The Morgan fingerprint density at radius 3 is 1.77 bits per heavy atom.